The average Bonchev–Trinajstić information content (AvgIpc) is 2.45. The highest BCUT2D eigenvalue weighted by Crippen LogP contribution is 2.46. The van der Waals surface area contributed by atoms with Crippen molar-refractivity contribution in [3.8, 4) is 0 Å². The summed E-state index contributed by atoms with van der Waals surface area (Å²) >= 11 is 0. The fraction of sp³-hybridized carbons (Fsp3) is 0.750. The van der Waals surface area contributed by atoms with Gasteiger partial charge >= 0.3 is 0 Å². The number of methoxy groups -OCH3 is 4. The summed E-state index contributed by atoms with van der Waals surface area (Å²) in [7, 11) is 6.59. The predicted molar refractivity (Wildman–Crippen MR) is 79.1 cm³/mol. The van der Waals surface area contributed by atoms with Crippen molar-refractivity contribution in [2.24, 2.45) is 11.8 Å². The summed E-state index contributed by atoms with van der Waals surface area (Å²) in [6.07, 6.45) is 4.06. The van der Waals surface area contributed by atoms with Crippen LogP contribution < -0.4 is 0 Å². The molecule has 2 unspecified atom stereocenters. The van der Waals surface area contributed by atoms with Gasteiger partial charge in [-0.3, -0.25) is 0 Å². The van der Waals surface area contributed by atoms with E-state index in [-0.39, 0.29) is 5.92 Å². The van der Waals surface area contributed by atoms with Gasteiger partial charge in [-0.2, -0.15) is 0 Å². The van der Waals surface area contributed by atoms with Crippen LogP contribution >= 0.6 is 0 Å². The first-order valence-electron chi connectivity index (χ1n) is 7.02. The Balaban J connectivity index is 3.20. The molecule has 0 radical (unpaired) electrons. The van der Waals surface area contributed by atoms with E-state index in [9.17, 15) is 0 Å². The fourth-order valence-corrected chi connectivity index (χ4v) is 2.97. The van der Waals surface area contributed by atoms with E-state index in [0.29, 0.717) is 11.7 Å². The molecule has 1 rings (SSSR count). The summed E-state index contributed by atoms with van der Waals surface area (Å²) in [5.74, 6) is 1.13. The maximum atomic E-state index is 5.71. The normalized spacial score (nSPS) is 25.4. The van der Waals surface area contributed by atoms with Crippen LogP contribution in [-0.2, 0) is 18.9 Å². The molecule has 0 spiro atoms. The van der Waals surface area contributed by atoms with E-state index in [1.165, 1.54) is 5.57 Å². The minimum atomic E-state index is -0.876. The highest BCUT2D eigenvalue weighted by molar-refractivity contribution is 5.20. The van der Waals surface area contributed by atoms with Gasteiger partial charge in [0.25, 0.3) is 0 Å². The van der Waals surface area contributed by atoms with E-state index >= 15 is 0 Å². The Hall–Kier alpha value is -1.00. The molecule has 0 fully saturated rings. The Labute approximate surface area is 122 Å². The van der Waals surface area contributed by atoms with Crippen LogP contribution in [0.15, 0.2) is 23.2 Å². The van der Waals surface area contributed by atoms with E-state index in [1.807, 2.05) is 0 Å². The lowest BCUT2D eigenvalue weighted by Crippen LogP contribution is -2.49. The first kappa shape index (κ1) is 17.1. The first-order valence-corrected chi connectivity index (χ1v) is 7.02. The van der Waals surface area contributed by atoms with Crippen LogP contribution in [0.3, 0.4) is 0 Å². The monoisotopic (exact) mass is 284 g/mol. The van der Waals surface area contributed by atoms with Gasteiger partial charge in [-0.15, -0.1) is 0 Å². The quantitative estimate of drug-likeness (QED) is 0.552. The molecule has 0 heterocycles. The number of hydrogen-bond acceptors (Lipinski definition) is 4. The summed E-state index contributed by atoms with van der Waals surface area (Å²) < 4.78 is 22.5. The number of ether oxygens (including phenoxy) is 4. The van der Waals surface area contributed by atoms with Crippen molar-refractivity contribution in [1.29, 1.82) is 0 Å². The van der Waals surface area contributed by atoms with Crippen LogP contribution in [0.4, 0.5) is 0 Å². The van der Waals surface area contributed by atoms with E-state index in [2.05, 4.69) is 26.8 Å². The smallest absolute Gasteiger partial charge is 0.233 e. The third kappa shape index (κ3) is 3.01. The Kier molecular flexibility index (Phi) is 6.08. The Bertz CT molecular complexity index is 376. The SMILES string of the molecule is COC1=C(OC)C(OC)(OC)C(C)C(CC=C(C)C)C1. The average molecular weight is 284 g/mol. The molecule has 0 aromatic heterocycles. The number of hydrogen-bond donors (Lipinski definition) is 0. The Morgan fingerprint density at radius 2 is 1.75 bits per heavy atom. The summed E-state index contributed by atoms with van der Waals surface area (Å²) in [6, 6.07) is 0. The molecule has 0 amide bonds. The van der Waals surface area contributed by atoms with Gasteiger partial charge in [0.05, 0.1) is 14.2 Å². The molecule has 1 aliphatic rings. The Morgan fingerprint density at radius 1 is 1.15 bits per heavy atom. The van der Waals surface area contributed by atoms with Gasteiger partial charge in [-0.05, 0) is 26.2 Å². The highest BCUT2D eigenvalue weighted by atomic mass is 16.7. The molecule has 4 nitrogen and oxygen atoms in total. The molecule has 0 N–H and O–H groups in total. The molecule has 4 heteroatoms. The fourth-order valence-electron chi connectivity index (χ4n) is 2.97. The van der Waals surface area contributed by atoms with E-state index in [0.717, 1.165) is 18.6 Å². The topological polar surface area (TPSA) is 36.9 Å². The molecule has 20 heavy (non-hydrogen) atoms. The molecule has 2 atom stereocenters. The van der Waals surface area contributed by atoms with Gasteiger partial charge < -0.3 is 18.9 Å². The highest BCUT2D eigenvalue weighted by Gasteiger charge is 2.51. The molecular formula is C16H28O4. The maximum absolute atomic E-state index is 5.71. The zero-order valence-electron chi connectivity index (χ0n) is 13.8. The largest absolute Gasteiger partial charge is 0.497 e. The van der Waals surface area contributed by atoms with Crippen LogP contribution in [0.1, 0.15) is 33.6 Å². The standard InChI is InChI=1S/C16H28O4/c1-11(2)8-9-13-10-14(17-4)15(18-5)16(19-6,20-7)12(13)3/h8,12-13H,9-10H2,1-7H3. The van der Waals surface area contributed by atoms with E-state index in [4.69, 9.17) is 18.9 Å². The van der Waals surface area contributed by atoms with Crippen molar-refractivity contribution < 1.29 is 18.9 Å². The van der Waals surface area contributed by atoms with Gasteiger partial charge in [0, 0.05) is 26.6 Å². The second-order valence-electron chi connectivity index (χ2n) is 5.51. The van der Waals surface area contributed by atoms with Crippen molar-refractivity contribution in [2.75, 3.05) is 28.4 Å². The van der Waals surface area contributed by atoms with Gasteiger partial charge in [0.1, 0.15) is 5.76 Å². The van der Waals surface area contributed by atoms with Crippen LogP contribution in [-0.4, -0.2) is 34.2 Å². The van der Waals surface area contributed by atoms with Crippen molar-refractivity contribution >= 4 is 0 Å². The summed E-state index contributed by atoms with van der Waals surface area (Å²) in [5, 5.41) is 0. The Morgan fingerprint density at radius 3 is 2.15 bits per heavy atom. The molecule has 0 aliphatic heterocycles. The van der Waals surface area contributed by atoms with Gasteiger partial charge in [0.2, 0.25) is 5.79 Å². The summed E-state index contributed by atoms with van der Waals surface area (Å²) in [5.41, 5.74) is 1.32. The second-order valence-corrected chi connectivity index (χ2v) is 5.51. The van der Waals surface area contributed by atoms with Crippen LogP contribution in [0, 0.1) is 11.8 Å². The van der Waals surface area contributed by atoms with E-state index in [1.54, 1.807) is 28.4 Å². The molecule has 1 aliphatic carbocycles. The first-order chi connectivity index (χ1) is 9.46. The lowest BCUT2D eigenvalue weighted by Gasteiger charge is -2.44. The van der Waals surface area contributed by atoms with Crippen molar-refractivity contribution in [3.63, 3.8) is 0 Å². The summed E-state index contributed by atoms with van der Waals surface area (Å²) in [6.45, 7) is 6.37. The zero-order valence-corrected chi connectivity index (χ0v) is 13.8. The van der Waals surface area contributed by atoms with Crippen molar-refractivity contribution in [2.45, 2.75) is 39.4 Å². The second kappa shape index (κ2) is 7.14. The van der Waals surface area contributed by atoms with Crippen LogP contribution in [0.2, 0.25) is 0 Å². The van der Waals surface area contributed by atoms with Gasteiger partial charge in [-0.25, -0.2) is 0 Å². The molecule has 0 saturated heterocycles. The molecule has 116 valence electrons. The summed E-state index contributed by atoms with van der Waals surface area (Å²) in [4.78, 5) is 0. The maximum Gasteiger partial charge on any atom is 0.233 e. The predicted octanol–water partition coefficient (Wildman–Crippen LogP) is 3.49. The zero-order chi connectivity index (χ0) is 15.3. The lowest BCUT2D eigenvalue weighted by atomic mass is 9.76. The van der Waals surface area contributed by atoms with Crippen molar-refractivity contribution in [1.82, 2.24) is 0 Å². The van der Waals surface area contributed by atoms with Crippen LogP contribution in [0.5, 0.6) is 0 Å². The molecule has 0 bridgehead atoms. The molecule has 0 aromatic carbocycles. The molecule has 0 aromatic rings. The van der Waals surface area contributed by atoms with Gasteiger partial charge in [0.15, 0.2) is 5.76 Å². The van der Waals surface area contributed by atoms with Crippen LogP contribution in [0.25, 0.3) is 0 Å². The minimum Gasteiger partial charge on any atom is -0.497 e. The molecular weight excluding hydrogens is 256 g/mol. The number of allylic oxidation sites excluding steroid dienone is 3. The molecule has 0 saturated carbocycles. The minimum absolute atomic E-state index is 0.168. The van der Waals surface area contributed by atoms with Gasteiger partial charge in [-0.1, -0.05) is 18.6 Å². The number of rotatable bonds is 6. The van der Waals surface area contributed by atoms with Crippen molar-refractivity contribution in [3.05, 3.63) is 23.2 Å². The third-order valence-electron chi connectivity index (χ3n) is 4.21. The lowest BCUT2D eigenvalue weighted by molar-refractivity contribution is -0.247. The third-order valence-corrected chi connectivity index (χ3v) is 4.21. The van der Waals surface area contributed by atoms with E-state index < -0.39 is 5.79 Å².